The van der Waals surface area contributed by atoms with Crippen molar-refractivity contribution in [2.24, 2.45) is 0 Å². The van der Waals surface area contributed by atoms with Gasteiger partial charge in [-0.3, -0.25) is 14.2 Å². The molecule has 5 nitrogen and oxygen atoms in total. The molecule has 23 heavy (non-hydrogen) atoms. The number of hydrogen-bond donors (Lipinski definition) is 0. The van der Waals surface area contributed by atoms with Gasteiger partial charge in [0.1, 0.15) is 4.70 Å². The Morgan fingerprint density at radius 3 is 2.83 bits per heavy atom. The average molecular weight is 346 g/mol. The molecule has 0 radical (unpaired) electrons. The Balaban J connectivity index is 2.03. The number of carbonyl (C=O) groups excluding carboxylic acids is 1. The maximum absolute atomic E-state index is 12.7. The number of thioether (sulfide) groups is 1. The van der Waals surface area contributed by atoms with E-state index >= 15 is 0 Å². The fourth-order valence-corrected chi connectivity index (χ4v) is 3.73. The zero-order chi connectivity index (χ0) is 16.2. The molecule has 0 amide bonds. The number of aromatic nitrogens is 2. The third kappa shape index (κ3) is 3.46. The molecule has 0 N–H and O–H groups in total. The largest absolute Gasteiger partial charge is 0.468 e. The van der Waals surface area contributed by atoms with Crippen LogP contribution in [-0.4, -0.2) is 28.4 Å². The molecular formula is C16H14N2O3S2. The molecule has 1 aromatic carbocycles. The summed E-state index contributed by atoms with van der Waals surface area (Å²) in [6.07, 6.45) is 0. The molecule has 3 aromatic rings. The van der Waals surface area contributed by atoms with Crippen molar-refractivity contribution in [1.29, 1.82) is 0 Å². The summed E-state index contributed by atoms with van der Waals surface area (Å²) in [5, 5.41) is 2.37. The summed E-state index contributed by atoms with van der Waals surface area (Å²) in [6, 6.07) is 11.5. The molecule has 0 unspecified atom stereocenters. The fraction of sp³-hybridized carbons (Fsp3) is 0.188. The highest BCUT2D eigenvalue weighted by Crippen LogP contribution is 2.21. The standard InChI is InChI=1S/C16H14N2O3S2/c1-21-13(19)10-23-16-17-12-7-8-22-14(12)15(20)18(16)9-11-5-3-2-4-6-11/h2-8H,9-10H2,1H3. The van der Waals surface area contributed by atoms with Crippen molar-refractivity contribution < 1.29 is 9.53 Å². The van der Waals surface area contributed by atoms with E-state index in [1.54, 1.807) is 4.57 Å². The average Bonchev–Trinajstić information content (AvgIpc) is 3.05. The molecule has 2 heterocycles. The van der Waals surface area contributed by atoms with Gasteiger partial charge in [-0.15, -0.1) is 11.3 Å². The van der Waals surface area contributed by atoms with Gasteiger partial charge in [-0.05, 0) is 17.0 Å². The Labute approximate surface area is 140 Å². The summed E-state index contributed by atoms with van der Waals surface area (Å²) in [7, 11) is 1.34. The highest BCUT2D eigenvalue weighted by Gasteiger charge is 2.14. The molecule has 0 fully saturated rings. The van der Waals surface area contributed by atoms with Crippen LogP contribution in [0.5, 0.6) is 0 Å². The fourth-order valence-electron chi connectivity index (χ4n) is 2.12. The van der Waals surface area contributed by atoms with E-state index < -0.39 is 0 Å². The summed E-state index contributed by atoms with van der Waals surface area (Å²) in [5.41, 5.74) is 1.59. The molecule has 0 saturated heterocycles. The number of benzene rings is 1. The molecule has 0 saturated carbocycles. The number of rotatable bonds is 5. The number of carbonyl (C=O) groups is 1. The van der Waals surface area contributed by atoms with Gasteiger partial charge in [0.25, 0.3) is 5.56 Å². The second-order valence-corrected chi connectivity index (χ2v) is 6.63. The van der Waals surface area contributed by atoms with Crippen molar-refractivity contribution in [2.45, 2.75) is 11.7 Å². The third-order valence-corrected chi connectivity index (χ3v) is 5.10. The van der Waals surface area contributed by atoms with Crippen molar-refractivity contribution in [2.75, 3.05) is 12.9 Å². The topological polar surface area (TPSA) is 61.2 Å². The summed E-state index contributed by atoms with van der Waals surface area (Å²) >= 11 is 2.59. The highest BCUT2D eigenvalue weighted by atomic mass is 32.2. The lowest BCUT2D eigenvalue weighted by Crippen LogP contribution is -2.23. The van der Waals surface area contributed by atoms with Gasteiger partial charge in [0.2, 0.25) is 0 Å². The Hall–Kier alpha value is -2.12. The minimum Gasteiger partial charge on any atom is -0.468 e. The Morgan fingerprint density at radius 1 is 1.30 bits per heavy atom. The van der Waals surface area contributed by atoms with Crippen LogP contribution in [0, 0.1) is 0 Å². The van der Waals surface area contributed by atoms with E-state index in [0.29, 0.717) is 21.9 Å². The SMILES string of the molecule is COC(=O)CSc1nc2ccsc2c(=O)n1Cc1ccccc1. The monoisotopic (exact) mass is 346 g/mol. The molecule has 2 aromatic heterocycles. The Morgan fingerprint density at radius 2 is 2.09 bits per heavy atom. The zero-order valence-electron chi connectivity index (χ0n) is 12.4. The van der Waals surface area contributed by atoms with Gasteiger partial charge in [-0.1, -0.05) is 42.1 Å². The van der Waals surface area contributed by atoms with Crippen molar-refractivity contribution in [3.8, 4) is 0 Å². The second kappa shape index (κ2) is 6.97. The number of thiophene rings is 1. The minimum absolute atomic E-state index is 0.0822. The molecule has 0 spiro atoms. The van der Waals surface area contributed by atoms with E-state index in [9.17, 15) is 9.59 Å². The molecule has 3 rings (SSSR count). The number of hydrogen-bond acceptors (Lipinski definition) is 6. The van der Waals surface area contributed by atoms with Crippen molar-refractivity contribution in [3.05, 3.63) is 57.7 Å². The molecule has 0 aliphatic heterocycles. The highest BCUT2D eigenvalue weighted by molar-refractivity contribution is 7.99. The van der Waals surface area contributed by atoms with Gasteiger partial charge in [-0.25, -0.2) is 4.98 Å². The first-order valence-electron chi connectivity index (χ1n) is 6.90. The van der Waals surface area contributed by atoms with E-state index in [-0.39, 0.29) is 17.3 Å². The van der Waals surface area contributed by atoms with Crippen LogP contribution in [0.25, 0.3) is 10.2 Å². The van der Waals surface area contributed by atoms with Crippen molar-refractivity contribution >= 4 is 39.3 Å². The van der Waals surface area contributed by atoms with Gasteiger partial charge >= 0.3 is 5.97 Å². The van der Waals surface area contributed by atoms with Crippen LogP contribution in [0.3, 0.4) is 0 Å². The van der Waals surface area contributed by atoms with Crippen molar-refractivity contribution in [1.82, 2.24) is 9.55 Å². The lowest BCUT2D eigenvalue weighted by atomic mass is 10.2. The van der Waals surface area contributed by atoms with Crippen LogP contribution < -0.4 is 5.56 Å². The van der Waals surface area contributed by atoms with Crippen LogP contribution in [0.4, 0.5) is 0 Å². The summed E-state index contributed by atoms with van der Waals surface area (Å²) < 4.78 is 6.90. The van der Waals surface area contributed by atoms with E-state index in [0.717, 1.165) is 5.56 Å². The predicted octanol–water partition coefficient (Wildman–Crippen LogP) is 2.77. The van der Waals surface area contributed by atoms with Gasteiger partial charge in [0.05, 0.1) is 24.9 Å². The van der Waals surface area contributed by atoms with E-state index in [1.807, 2.05) is 41.8 Å². The Kier molecular flexibility index (Phi) is 4.78. The van der Waals surface area contributed by atoms with Crippen LogP contribution in [-0.2, 0) is 16.1 Å². The van der Waals surface area contributed by atoms with E-state index in [2.05, 4.69) is 9.72 Å². The van der Waals surface area contributed by atoms with E-state index in [4.69, 9.17) is 0 Å². The minimum atomic E-state index is -0.346. The summed E-state index contributed by atoms with van der Waals surface area (Å²) in [6.45, 7) is 0.421. The van der Waals surface area contributed by atoms with Gasteiger partial charge in [0, 0.05) is 0 Å². The molecule has 0 aliphatic rings. The third-order valence-electron chi connectivity index (χ3n) is 3.26. The van der Waals surface area contributed by atoms with Crippen LogP contribution in [0.2, 0.25) is 0 Å². The second-order valence-electron chi connectivity index (χ2n) is 4.77. The molecule has 0 aliphatic carbocycles. The number of nitrogens with zero attached hydrogens (tertiary/aromatic N) is 2. The maximum Gasteiger partial charge on any atom is 0.316 e. The smallest absolute Gasteiger partial charge is 0.316 e. The normalized spacial score (nSPS) is 10.8. The molecule has 0 bridgehead atoms. The van der Waals surface area contributed by atoms with Gasteiger partial charge in [-0.2, -0.15) is 0 Å². The van der Waals surface area contributed by atoms with Crippen molar-refractivity contribution in [3.63, 3.8) is 0 Å². The molecular weight excluding hydrogens is 332 g/mol. The van der Waals surface area contributed by atoms with Gasteiger partial charge in [0.15, 0.2) is 5.16 Å². The first-order chi connectivity index (χ1) is 11.2. The number of esters is 1. The predicted molar refractivity (Wildman–Crippen MR) is 92.2 cm³/mol. The van der Waals surface area contributed by atoms with E-state index in [1.165, 1.54) is 30.2 Å². The maximum atomic E-state index is 12.7. The molecule has 118 valence electrons. The van der Waals surface area contributed by atoms with Crippen LogP contribution >= 0.6 is 23.1 Å². The lowest BCUT2D eigenvalue weighted by Gasteiger charge is -2.11. The lowest BCUT2D eigenvalue weighted by molar-refractivity contribution is -0.137. The van der Waals surface area contributed by atoms with Crippen LogP contribution in [0.15, 0.2) is 51.7 Å². The molecule has 0 atom stereocenters. The number of methoxy groups -OCH3 is 1. The number of ether oxygens (including phenoxy) is 1. The first kappa shape index (κ1) is 15.8. The summed E-state index contributed by atoms with van der Waals surface area (Å²) in [5.74, 6) is -0.228. The first-order valence-corrected chi connectivity index (χ1v) is 8.77. The number of fused-ring (bicyclic) bond motifs is 1. The van der Waals surface area contributed by atoms with Crippen LogP contribution in [0.1, 0.15) is 5.56 Å². The summed E-state index contributed by atoms with van der Waals surface area (Å²) in [4.78, 5) is 28.7. The quantitative estimate of drug-likeness (QED) is 0.404. The van der Waals surface area contributed by atoms with Gasteiger partial charge < -0.3 is 4.74 Å². The zero-order valence-corrected chi connectivity index (χ0v) is 14.0. The Bertz CT molecular complexity index is 887. The molecule has 7 heteroatoms.